The van der Waals surface area contributed by atoms with Crippen molar-refractivity contribution in [1.29, 1.82) is 0 Å². The van der Waals surface area contributed by atoms with Crippen molar-refractivity contribution in [2.45, 2.75) is 52.7 Å². The third kappa shape index (κ3) is 4.63. The Morgan fingerprint density at radius 1 is 1.00 bits per heavy atom. The SMILES string of the molecule is CCN(CC)Cc1cccc(C)c1PC(C)(CC)c1ccccc1O. The van der Waals surface area contributed by atoms with E-state index in [0.29, 0.717) is 14.3 Å². The van der Waals surface area contributed by atoms with Gasteiger partial charge in [-0.2, -0.15) is 0 Å². The molecule has 0 spiro atoms. The lowest BCUT2D eigenvalue weighted by Gasteiger charge is -2.32. The van der Waals surface area contributed by atoms with Crippen LogP contribution in [0, 0.1) is 6.92 Å². The molecule has 0 aliphatic rings. The predicted octanol–water partition coefficient (Wildman–Crippen LogP) is 5.17. The third-order valence-electron chi connectivity index (χ3n) is 5.25. The number of aromatic hydroxyl groups is 1. The summed E-state index contributed by atoms with van der Waals surface area (Å²) in [5, 5.41) is 11.8. The number of aryl methyl sites for hydroxylation is 1. The first-order chi connectivity index (χ1) is 11.9. The summed E-state index contributed by atoms with van der Waals surface area (Å²) in [6.07, 6.45) is 1.00. The Bertz CT molecular complexity index is 696. The van der Waals surface area contributed by atoms with E-state index < -0.39 is 0 Å². The third-order valence-corrected chi connectivity index (χ3v) is 7.39. The van der Waals surface area contributed by atoms with Crippen LogP contribution in [-0.2, 0) is 11.7 Å². The van der Waals surface area contributed by atoms with Crippen molar-refractivity contribution in [3.8, 4) is 5.75 Å². The van der Waals surface area contributed by atoms with Crippen LogP contribution < -0.4 is 5.30 Å². The van der Waals surface area contributed by atoms with Crippen LogP contribution in [-0.4, -0.2) is 23.1 Å². The monoisotopic (exact) mass is 357 g/mol. The van der Waals surface area contributed by atoms with E-state index in [1.165, 1.54) is 16.4 Å². The van der Waals surface area contributed by atoms with E-state index in [1.807, 2.05) is 18.2 Å². The van der Waals surface area contributed by atoms with Crippen molar-refractivity contribution in [1.82, 2.24) is 4.90 Å². The molecule has 2 unspecified atom stereocenters. The molecule has 0 saturated carbocycles. The molecule has 25 heavy (non-hydrogen) atoms. The Morgan fingerprint density at radius 2 is 1.68 bits per heavy atom. The fourth-order valence-electron chi connectivity index (χ4n) is 3.29. The number of hydrogen-bond acceptors (Lipinski definition) is 2. The molecule has 0 amide bonds. The van der Waals surface area contributed by atoms with Crippen molar-refractivity contribution in [3.63, 3.8) is 0 Å². The quantitative estimate of drug-likeness (QED) is 0.659. The molecule has 2 atom stereocenters. The van der Waals surface area contributed by atoms with Crippen molar-refractivity contribution < 1.29 is 5.11 Å². The van der Waals surface area contributed by atoms with Gasteiger partial charge in [-0.25, -0.2) is 0 Å². The summed E-state index contributed by atoms with van der Waals surface area (Å²) in [6.45, 7) is 14.3. The molecule has 0 radical (unpaired) electrons. The average Bonchev–Trinajstić information content (AvgIpc) is 2.62. The Labute approximate surface area is 155 Å². The van der Waals surface area contributed by atoms with Crippen molar-refractivity contribution >= 4 is 13.9 Å². The van der Waals surface area contributed by atoms with E-state index in [1.54, 1.807) is 0 Å². The van der Waals surface area contributed by atoms with Gasteiger partial charge in [0.05, 0.1) is 0 Å². The zero-order chi connectivity index (χ0) is 18.4. The molecular weight excluding hydrogens is 325 g/mol. The van der Waals surface area contributed by atoms with E-state index in [0.717, 1.165) is 31.6 Å². The second-order valence-corrected chi connectivity index (χ2v) is 8.75. The Hall–Kier alpha value is -1.37. The van der Waals surface area contributed by atoms with E-state index in [4.69, 9.17) is 0 Å². The molecule has 0 saturated heterocycles. The summed E-state index contributed by atoms with van der Waals surface area (Å²) in [5.41, 5.74) is 3.85. The fourth-order valence-corrected chi connectivity index (χ4v) is 4.97. The van der Waals surface area contributed by atoms with Gasteiger partial charge in [0.1, 0.15) is 5.75 Å². The lowest BCUT2D eigenvalue weighted by atomic mass is 9.96. The summed E-state index contributed by atoms with van der Waals surface area (Å²) in [5.74, 6) is 0.415. The maximum absolute atomic E-state index is 10.4. The maximum Gasteiger partial charge on any atom is 0.119 e. The highest BCUT2D eigenvalue weighted by molar-refractivity contribution is 7.48. The van der Waals surface area contributed by atoms with Gasteiger partial charge in [0.2, 0.25) is 0 Å². The van der Waals surface area contributed by atoms with Crippen molar-refractivity contribution in [2.24, 2.45) is 0 Å². The second-order valence-electron chi connectivity index (χ2n) is 6.90. The minimum Gasteiger partial charge on any atom is -0.508 e. The smallest absolute Gasteiger partial charge is 0.119 e. The molecule has 0 aromatic heterocycles. The summed E-state index contributed by atoms with van der Waals surface area (Å²) in [7, 11) is 0.636. The zero-order valence-electron chi connectivity index (χ0n) is 16.3. The molecule has 2 rings (SSSR count). The molecule has 0 aliphatic carbocycles. The van der Waals surface area contributed by atoms with Gasteiger partial charge in [0.15, 0.2) is 0 Å². The van der Waals surface area contributed by atoms with E-state index in [9.17, 15) is 5.11 Å². The summed E-state index contributed by atoms with van der Waals surface area (Å²) >= 11 is 0. The number of para-hydroxylation sites is 1. The summed E-state index contributed by atoms with van der Waals surface area (Å²) in [6, 6.07) is 14.5. The Balaban J connectivity index is 2.42. The average molecular weight is 357 g/mol. The molecular formula is C22H32NOP. The minimum atomic E-state index is -0.0462. The topological polar surface area (TPSA) is 23.5 Å². The highest BCUT2D eigenvalue weighted by Crippen LogP contribution is 2.47. The highest BCUT2D eigenvalue weighted by Gasteiger charge is 2.29. The second kappa shape index (κ2) is 8.83. The van der Waals surface area contributed by atoms with Gasteiger partial charge in [-0.15, -0.1) is 0 Å². The molecule has 2 aromatic rings. The largest absolute Gasteiger partial charge is 0.508 e. The molecule has 0 aliphatic heterocycles. The standard InChI is InChI=1S/C22H32NOP/c1-6-22(5,19-14-9-10-15-20(19)24)25-21-17(4)12-11-13-18(21)16-23(7-2)8-3/h9-15,24-25H,6-8,16H2,1-5H3. The van der Waals surface area contributed by atoms with E-state index in [-0.39, 0.29) is 5.16 Å². The maximum atomic E-state index is 10.4. The fraction of sp³-hybridized carbons (Fsp3) is 0.455. The number of phenols is 1. The van der Waals surface area contributed by atoms with Gasteiger partial charge < -0.3 is 5.11 Å². The van der Waals surface area contributed by atoms with Crippen LogP contribution in [0.2, 0.25) is 0 Å². The predicted molar refractivity (Wildman–Crippen MR) is 112 cm³/mol. The summed E-state index contributed by atoms with van der Waals surface area (Å²) in [4.78, 5) is 2.46. The van der Waals surface area contributed by atoms with Crippen molar-refractivity contribution in [3.05, 3.63) is 59.2 Å². The number of phenolic OH excluding ortho intramolecular Hbond substituents is 1. The van der Waals surface area contributed by atoms with Crippen LogP contribution >= 0.6 is 8.58 Å². The van der Waals surface area contributed by atoms with E-state index >= 15 is 0 Å². The molecule has 1 N–H and O–H groups in total. The lowest BCUT2D eigenvalue weighted by molar-refractivity contribution is 0.296. The molecule has 2 nitrogen and oxygen atoms in total. The van der Waals surface area contributed by atoms with Crippen LogP contribution in [0.3, 0.4) is 0 Å². The van der Waals surface area contributed by atoms with Crippen LogP contribution in [0.15, 0.2) is 42.5 Å². The minimum absolute atomic E-state index is 0.0462. The highest BCUT2D eigenvalue weighted by atomic mass is 31.1. The number of rotatable bonds is 8. The molecule has 3 heteroatoms. The Kier molecular flexibility index (Phi) is 7.04. The first kappa shape index (κ1) is 19.9. The van der Waals surface area contributed by atoms with Gasteiger partial charge in [-0.05, 0) is 48.9 Å². The first-order valence-corrected chi connectivity index (χ1v) is 10.3. The zero-order valence-corrected chi connectivity index (χ0v) is 17.3. The number of benzene rings is 2. The first-order valence-electron chi connectivity index (χ1n) is 9.32. The molecule has 2 aromatic carbocycles. The molecule has 0 bridgehead atoms. The van der Waals surface area contributed by atoms with Crippen LogP contribution in [0.5, 0.6) is 5.75 Å². The van der Waals surface area contributed by atoms with Gasteiger partial charge in [-0.3, -0.25) is 4.90 Å². The van der Waals surface area contributed by atoms with Crippen LogP contribution in [0.1, 0.15) is 50.8 Å². The summed E-state index contributed by atoms with van der Waals surface area (Å²) < 4.78 is 0. The van der Waals surface area contributed by atoms with Gasteiger partial charge >= 0.3 is 0 Å². The van der Waals surface area contributed by atoms with Gasteiger partial charge in [0.25, 0.3) is 0 Å². The van der Waals surface area contributed by atoms with Gasteiger partial charge in [0, 0.05) is 17.3 Å². The molecule has 136 valence electrons. The molecule has 0 fully saturated rings. The Morgan fingerprint density at radius 3 is 2.28 bits per heavy atom. The number of hydrogen-bond donors (Lipinski definition) is 1. The lowest BCUT2D eigenvalue weighted by Crippen LogP contribution is -2.27. The van der Waals surface area contributed by atoms with Gasteiger partial charge in [-0.1, -0.05) is 72.7 Å². The van der Waals surface area contributed by atoms with Crippen molar-refractivity contribution in [2.75, 3.05) is 13.1 Å². The van der Waals surface area contributed by atoms with Crippen LogP contribution in [0.4, 0.5) is 0 Å². The van der Waals surface area contributed by atoms with E-state index in [2.05, 4.69) is 63.8 Å². The van der Waals surface area contributed by atoms with Crippen LogP contribution in [0.25, 0.3) is 0 Å². The normalized spacial score (nSPS) is 14.3. The molecule has 0 heterocycles. The number of nitrogens with zero attached hydrogens (tertiary/aromatic N) is 1.